The normalized spacial score (nSPS) is 11.9. The highest BCUT2D eigenvalue weighted by molar-refractivity contribution is 6.27. The average molecular weight is 915 g/mol. The molecule has 13 aromatic rings. The van der Waals surface area contributed by atoms with Crippen molar-refractivity contribution in [1.82, 2.24) is 9.97 Å². The zero-order chi connectivity index (χ0) is 47.3. The summed E-state index contributed by atoms with van der Waals surface area (Å²) in [6.45, 7) is 0. The summed E-state index contributed by atoms with van der Waals surface area (Å²) in [4.78, 5) is 13.5. The summed E-state index contributed by atoms with van der Waals surface area (Å²) in [5.41, 5.74) is 21.4. The number of hydrogen-bond acceptors (Lipinski definition) is 4. The topological polar surface area (TPSA) is 32.3 Å². The first-order chi connectivity index (χ1) is 35.7. The van der Waals surface area contributed by atoms with Gasteiger partial charge in [0.15, 0.2) is 0 Å². The fourth-order valence-electron chi connectivity index (χ4n) is 11.9. The largest absolute Gasteiger partial charge is 0.310 e. The predicted octanol–water partition coefficient (Wildman–Crippen LogP) is 18.7. The molecule has 0 atom stereocenters. The zero-order valence-corrected chi connectivity index (χ0v) is 39.0. The van der Waals surface area contributed by atoms with E-state index in [1.165, 1.54) is 104 Å². The second kappa shape index (κ2) is 16.0. The Morgan fingerprint density at radius 3 is 1.62 bits per heavy atom. The van der Waals surface area contributed by atoms with Crippen molar-refractivity contribution in [2.24, 2.45) is 0 Å². The summed E-state index contributed by atoms with van der Waals surface area (Å²) < 4.78 is 0. The summed E-state index contributed by atoms with van der Waals surface area (Å²) >= 11 is 0. The molecule has 2 aliphatic rings. The van der Waals surface area contributed by atoms with Crippen LogP contribution < -0.4 is 9.80 Å². The van der Waals surface area contributed by atoms with Crippen molar-refractivity contribution in [2.75, 3.05) is 9.80 Å². The van der Waals surface area contributed by atoms with E-state index in [0.717, 1.165) is 39.7 Å². The van der Waals surface area contributed by atoms with Gasteiger partial charge in [0, 0.05) is 47.0 Å². The van der Waals surface area contributed by atoms with Crippen molar-refractivity contribution >= 4 is 77.2 Å². The Kier molecular flexibility index (Phi) is 8.92. The van der Waals surface area contributed by atoms with Crippen molar-refractivity contribution in [3.8, 4) is 66.8 Å². The molecule has 2 aliphatic carbocycles. The first-order valence-corrected chi connectivity index (χ1v) is 24.6. The minimum absolute atomic E-state index is 1.00. The molecule has 2 aromatic heterocycles. The van der Waals surface area contributed by atoms with Crippen LogP contribution in [0.5, 0.6) is 0 Å². The highest BCUT2D eigenvalue weighted by atomic mass is 15.2. The number of aromatic nitrogens is 2. The molecule has 0 radical (unpaired) electrons. The molecule has 4 nitrogen and oxygen atoms in total. The summed E-state index contributed by atoms with van der Waals surface area (Å²) in [6.07, 6.45) is 7.51. The molecule has 0 N–H and O–H groups in total. The van der Waals surface area contributed by atoms with Crippen LogP contribution >= 0.6 is 0 Å². The van der Waals surface area contributed by atoms with Gasteiger partial charge in [-0.2, -0.15) is 0 Å². The quantitative estimate of drug-likeness (QED) is 0.142. The number of pyridine rings is 2. The first kappa shape index (κ1) is 40.3. The minimum atomic E-state index is 1.00. The van der Waals surface area contributed by atoms with Crippen LogP contribution in [0, 0.1) is 0 Å². The van der Waals surface area contributed by atoms with E-state index in [9.17, 15) is 0 Å². The average Bonchev–Trinajstić information content (AvgIpc) is 3.94. The monoisotopic (exact) mass is 914 g/mol. The van der Waals surface area contributed by atoms with Crippen LogP contribution in [-0.4, -0.2) is 9.97 Å². The lowest BCUT2D eigenvalue weighted by Crippen LogP contribution is -2.10. The smallest absolute Gasteiger partial charge is 0.0644 e. The van der Waals surface area contributed by atoms with Gasteiger partial charge < -0.3 is 9.80 Å². The van der Waals surface area contributed by atoms with Crippen molar-refractivity contribution in [3.05, 3.63) is 255 Å². The number of rotatable bonds is 8. The van der Waals surface area contributed by atoms with E-state index < -0.39 is 0 Å². The molecule has 4 heteroatoms. The molecule has 0 aliphatic heterocycles. The Balaban J connectivity index is 0.819. The number of hydrogen-bond donors (Lipinski definition) is 0. The van der Waals surface area contributed by atoms with Crippen LogP contribution in [0.3, 0.4) is 0 Å². The van der Waals surface area contributed by atoms with Crippen LogP contribution in [0.1, 0.15) is 0 Å². The molecule has 0 bridgehead atoms. The molecule has 0 spiro atoms. The summed E-state index contributed by atoms with van der Waals surface area (Å²) in [7, 11) is 0. The lowest BCUT2D eigenvalue weighted by molar-refractivity contribution is 1.23. The second-order valence-corrected chi connectivity index (χ2v) is 18.9. The van der Waals surface area contributed by atoms with Gasteiger partial charge in [0.25, 0.3) is 0 Å². The molecular weight excluding hydrogens is 873 g/mol. The van der Waals surface area contributed by atoms with E-state index in [1.54, 1.807) is 0 Å². The van der Waals surface area contributed by atoms with Gasteiger partial charge in [0.05, 0.1) is 11.9 Å². The zero-order valence-electron chi connectivity index (χ0n) is 39.0. The number of benzene rings is 11. The Hall–Kier alpha value is -9.64. The van der Waals surface area contributed by atoms with Crippen LogP contribution in [0.4, 0.5) is 34.1 Å². The Morgan fingerprint density at radius 2 is 0.806 bits per heavy atom. The third kappa shape index (κ3) is 6.19. The van der Waals surface area contributed by atoms with Gasteiger partial charge in [-0.15, -0.1) is 0 Å². The van der Waals surface area contributed by atoms with Gasteiger partial charge in [-0.05, 0) is 201 Å². The van der Waals surface area contributed by atoms with E-state index in [2.05, 4.69) is 244 Å². The van der Waals surface area contributed by atoms with E-state index in [4.69, 9.17) is 0 Å². The molecule has 0 saturated heterocycles. The molecule has 0 saturated carbocycles. The van der Waals surface area contributed by atoms with E-state index in [1.807, 2.05) is 30.9 Å². The third-order valence-electron chi connectivity index (χ3n) is 15.0. The van der Waals surface area contributed by atoms with Crippen LogP contribution in [0.15, 0.2) is 255 Å². The van der Waals surface area contributed by atoms with Crippen LogP contribution in [0.2, 0.25) is 0 Å². The lowest BCUT2D eigenvalue weighted by atomic mass is 9.90. The maximum absolute atomic E-state index is 4.63. The summed E-state index contributed by atoms with van der Waals surface area (Å²) in [5, 5.41) is 10.3. The fourth-order valence-corrected chi connectivity index (χ4v) is 11.9. The maximum Gasteiger partial charge on any atom is 0.0644 e. The molecule has 11 aromatic carbocycles. The van der Waals surface area contributed by atoms with E-state index >= 15 is 0 Å². The molecule has 334 valence electrons. The van der Waals surface area contributed by atoms with E-state index in [-0.39, 0.29) is 0 Å². The number of para-hydroxylation sites is 1. The third-order valence-corrected chi connectivity index (χ3v) is 15.0. The van der Waals surface area contributed by atoms with Crippen molar-refractivity contribution in [2.45, 2.75) is 0 Å². The molecule has 0 fully saturated rings. The first-order valence-electron chi connectivity index (χ1n) is 24.6. The molecule has 72 heavy (non-hydrogen) atoms. The second-order valence-electron chi connectivity index (χ2n) is 18.9. The van der Waals surface area contributed by atoms with Gasteiger partial charge in [-0.25, -0.2) is 0 Å². The molecule has 2 heterocycles. The fraction of sp³-hybridized carbons (Fsp3) is 0. The van der Waals surface area contributed by atoms with Crippen molar-refractivity contribution < 1.29 is 0 Å². The van der Waals surface area contributed by atoms with Gasteiger partial charge in [0.1, 0.15) is 0 Å². The Bertz CT molecular complexity index is 4280. The van der Waals surface area contributed by atoms with Gasteiger partial charge >= 0.3 is 0 Å². The van der Waals surface area contributed by atoms with Gasteiger partial charge in [0.2, 0.25) is 0 Å². The van der Waals surface area contributed by atoms with Crippen LogP contribution in [-0.2, 0) is 0 Å². The molecule has 0 amide bonds. The number of anilines is 6. The van der Waals surface area contributed by atoms with Crippen molar-refractivity contribution in [1.29, 1.82) is 0 Å². The summed E-state index contributed by atoms with van der Waals surface area (Å²) in [6, 6.07) is 84.7. The minimum Gasteiger partial charge on any atom is -0.310 e. The summed E-state index contributed by atoms with van der Waals surface area (Å²) in [5.74, 6) is 0. The number of fused-ring (bicyclic) bond motifs is 10. The van der Waals surface area contributed by atoms with Crippen molar-refractivity contribution in [3.63, 3.8) is 0 Å². The standard InChI is InChI=1S/C68H42N4/c1-2-14-48(15-3-1)71(50-32-35-69-36-33-50)49-27-24-43(25-28-49)44-26-30-56-60-22-9-23-61-66-47(40-65(68(60)61)62(56)38-44)13-7-19-55(66)45-12-6-16-51(37-45)72(53-17-10-34-70-42-53)52-29-31-57-59-21-8-20-58-54-18-5-4-11-46(54)39-64(67(58)59)63(57)41-52/h1-42H. The number of nitrogens with zero attached hydrogens (tertiary/aromatic N) is 4. The molecule has 0 unspecified atom stereocenters. The SMILES string of the molecule is c1ccc(N(c2ccncc2)c2ccc(-c3ccc4c(c3)-c3cc5cccc(-c6cccc(N(c7cccnc7)c7ccc8c(c7)-c7cc9ccccc9c9cccc-8c79)c6)c5c5cccc-4c35)cc2)cc1. The Morgan fingerprint density at radius 1 is 0.236 bits per heavy atom. The lowest BCUT2D eigenvalue weighted by Gasteiger charge is -2.26. The molecular formula is C68H42N4. The predicted molar refractivity (Wildman–Crippen MR) is 301 cm³/mol. The van der Waals surface area contributed by atoms with E-state index in [0.29, 0.717) is 0 Å². The van der Waals surface area contributed by atoms with Gasteiger partial charge in [-0.1, -0.05) is 140 Å². The Labute approximate surface area is 417 Å². The maximum atomic E-state index is 4.63. The van der Waals surface area contributed by atoms with Gasteiger partial charge in [-0.3, -0.25) is 9.97 Å². The highest BCUT2D eigenvalue weighted by Crippen LogP contribution is 2.54. The highest BCUT2D eigenvalue weighted by Gasteiger charge is 2.27. The molecule has 15 rings (SSSR count). The van der Waals surface area contributed by atoms with Crippen LogP contribution in [0.25, 0.3) is 110 Å².